The zero-order valence-electron chi connectivity index (χ0n) is 17.5. The molecular weight excluding hydrogens is 451 g/mol. The number of hydrogen-bond acceptors (Lipinski definition) is 6. The van der Waals surface area contributed by atoms with Crippen molar-refractivity contribution in [3.8, 4) is 11.4 Å². The maximum atomic E-state index is 14.3. The zero-order valence-corrected chi connectivity index (χ0v) is 19.1. The van der Waals surface area contributed by atoms with E-state index in [-0.39, 0.29) is 23.4 Å². The first-order valence-corrected chi connectivity index (χ1v) is 13.1. The van der Waals surface area contributed by atoms with Crippen molar-refractivity contribution in [3.63, 3.8) is 0 Å². The Morgan fingerprint density at radius 1 is 1.16 bits per heavy atom. The maximum absolute atomic E-state index is 14.3. The molecule has 1 N–H and O–H groups in total. The molecule has 0 unspecified atom stereocenters. The second kappa shape index (κ2) is 9.51. The number of nitrogens with one attached hydrogen (secondary N) is 1. The van der Waals surface area contributed by atoms with Crippen LogP contribution in [0.3, 0.4) is 0 Å². The summed E-state index contributed by atoms with van der Waals surface area (Å²) in [5, 5.41) is 9.05. The van der Waals surface area contributed by atoms with Crippen LogP contribution in [0, 0.1) is 5.82 Å². The van der Waals surface area contributed by atoms with Crippen molar-refractivity contribution in [3.05, 3.63) is 65.5 Å². The summed E-state index contributed by atoms with van der Waals surface area (Å²) >= 11 is 1.30. The number of benzene rings is 2. The number of halogens is 1. The summed E-state index contributed by atoms with van der Waals surface area (Å²) < 4.78 is 40.9. The van der Waals surface area contributed by atoms with Gasteiger partial charge in [-0.1, -0.05) is 48.2 Å². The summed E-state index contributed by atoms with van der Waals surface area (Å²) in [6, 6.07) is 13.9. The van der Waals surface area contributed by atoms with E-state index in [0.29, 0.717) is 35.1 Å². The first kappa shape index (κ1) is 22.6. The number of nitrogens with zero attached hydrogens (tertiary/aromatic N) is 3. The van der Waals surface area contributed by atoms with Crippen molar-refractivity contribution >= 4 is 27.6 Å². The number of aromatic nitrogens is 3. The highest BCUT2D eigenvalue weighted by Gasteiger charge is 2.31. The third kappa shape index (κ3) is 5.62. The van der Waals surface area contributed by atoms with Gasteiger partial charge in [-0.25, -0.2) is 17.5 Å². The fourth-order valence-corrected chi connectivity index (χ4v) is 4.69. The Balaban J connectivity index is 1.41. The molecule has 3 aromatic rings. The molecule has 0 saturated heterocycles. The van der Waals surface area contributed by atoms with E-state index < -0.39 is 10.0 Å². The van der Waals surface area contributed by atoms with Gasteiger partial charge in [-0.3, -0.25) is 9.36 Å². The Morgan fingerprint density at radius 2 is 1.88 bits per heavy atom. The number of rotatable bonds is 10. The van der Waals surface area contributed by atoms with Crippen molar-refractivity contribution < 1.29 is 17.6 Å². The second-order valence-electron chi connectivity index (χ2n) is 7.71. The van der Waals surface area contributed by atoms with E-state index in [9.17, 15) is 17.6 Å². The third-order valence-corrected chi connectivity index (χ3v) is 6.75. The van der Waals surface area contributed by atoms with Gasteiger partial charge in [0.2, 0.25) is 10.0 Å². The van der Waals surface area contributed by atoms with Gasteiger partial charge in [0, 0.05) is 18.2 Å². The molecule has 168 valence electrons. The molecule has 1 heterocycles. The highest BCUT2D eigenvalue weighted by Crippen LogP contribution is 2.41. The van der Waals surface area contributed by atoms with E-state index >= 15 is 0 Å². The molecule has 10 heteroatoms. The van der Waals surface area contributed by atoms with Crippen molar-refractivity contribution in [2.24, 2.45) is 0 Å². The molecular formula is C22H23FN4O3S2. The molecule has 0 aliphatic heterocycles. The molecule has 2 aromatic carbocycles. The minimum Gasteiger partial charge on any atom is -0.299 e. The Labute approximate surface area is 190 Å². The minimum atomic E-state index is -3.21. The smallest absolute Gasteiger partial charge is 0.208 e. The molecule has 0 atom stereocenters. The van der Waals surface area contributed by atoms with E-state index in [1.54, 1.807) is 30.3 Å². The summed E-state index contributed by atoms with van der Waals surface area (Å²) in [6.45, 7) is 0.309. The van der Waals surface area contributed by atoms with Gasteiger partial charge in [0.15, 0.2) is 16.8 Å². The lowest BCUT2D eigenvalue weighted by Crippen LogP contribution is -2.24. The predicted molar refractivity (Wildman–Crippen MR) is 122 cm³/mol. The van der Waals surface area contributed by atoms with Gasteiger partial charge in [0.1, 0.15) is 5.82 Å². The number of hydrogen-bond donors (Lipinski definition) is 1. The average molecular weight is 475 g/mol. The molecule has 0 radical (unpaired) electrons. The SMILES string of the molecule is CS(=O)(=O)NCCc1ccc(C(=O)CSc2nnc(-c3ccccc3F)n2C2CC2)cc1. The van der Waals surface area contributed by atoms with Crippen molar-refractivity contribution in [1.82, 2.24) is 19.5 Å². The molecule has 4 rings (SSSR count). The lowest BCUT2D eigenvalue weighted by Gasteiger charge is -2.09. The molecule has 1 saturated carbocycles. The van der Waals surface area contributed by atoms with E-state index in [1.807, 2.05) is 16.7 Å². The van der Waals surface area contributed by atoms with Crippen LogP contribution >= 0.6 is 11.8 Å². The van der Waals surface area contributed by atoms with Crippen molar-refractivity contribution in [2.45, 2.75) is 30.5 Å². The van der Waals surface area contributed by atoms with Crippen LogP contribution < -0.4 is 4.72 Å². The third-order valence-electron chi connectivity index (χ3n) is 5.08. The molecule has 0 amide bonds. The molecule has 1 fully saturated rings. The fourth-order valence-electron chi connectivity index (χ4n) is 3.32. The monoisotopic (exact) mass is 474 g/mol. The van der Waals surface area contributed by atoms with Crippen molar-refractivity contribution in [2.75, 3.05) is 18.6 Å². The van der Waals surface area contributed by atoms with E-state index in [2.05, 4.69) is 14.9 Å². The Kier molecular flexibility index (Phi) is 6.73. The number of sulfonamides is 1. The summed E-state index contributed by atoms with van der Waals surface area (Å²) in [5.41, 5.74) is 1.92. The topological polar surface area (TPSA) is 93.9 Å². The van der Waals surface area contributed by atoms with Crippen LogP contribution in [-0.2, 0) is 16.4 Å². The Bertz CT molecular complexity index is 1220. The van der Waals surface area contributed by atoms with Gasteiger partial charge in [0.05, 0.1) is 17.6 Å². The van der Waals surface area contributed by atoms with Crippen LogP contribution in [0.2, 0.25) is 0 Å². The molecule has 32 heavy (non-hydrogen) atoms. The summed E-state index contributed by atoms with van der Waals surface area (Å²) in [5.74, 6) is 0.291. The lowest BCUT2D eigenvalue weighted by atomic mass is 10.1. The van der Waals surface area contributed by atoms with E-state index in [4.69, 9.17) is 0 Å². The quantitative estimate of drug-likeness (QED) is 0.357. The first-order chi connectivity index (χ1) is 15.3. The minimum absolute atomic E-state index is 0.0476. The molecule has 1 aliphatic carbocycles. The Hall–Kier alpha value is -2.56. The summed E-state index contributed by atoms with van der Waals surface area (Å²) in [6.07, 6.45) is 3.63. The molecule has 0 bridgehead atoms. The van der Waals surface area contributed by atoms with Gasteiger partial charge in [0.25, 0.3) is 0 Å². The number of ketones is 1. The van der Waals surface area contributed by atoms with Gasteiger partial charge in [-0.15, -0.1) is 10.2 Å². The van der Waals surface area contributed by atoms with Gasteiger partial charge < -0.3 is 0 Å². The van der Waals surface area contributed by atoms with Crippen LogP contribution in [0.15, 0.2) is 53.7 Å². The number of Topliss-reactive ketones (excluding diaryl/α,β-unsaturated/α-hetero) is 1. The number of thioether (sulfide) groups is 1. The maximum Gasteiger partial charge on any atom is 0.208 e. The first-order valence-electron chi connectivity index (χ1n) is 10.2. The fraction of sp³-hybridized carbons (Fsp3) is 0.318. The van der Waals surface area contributed by atoms with Crippen LogP contribution in [0.4, 0.5) is 4.39 Å². The second-order valence-corrected chi connectivity index (χ2v) is 10.5. The summed E-state index contributed by atoms with van der Waals surface area (Å²) in [4.78, 5) is 12.7. The van der Waals surface area contributed by atoms with Crippen LogP contribution in [0.5, 0.6) is 0 Å². The molecule has 0 spiro atoms. The summed E-state index contributed by atoms with van der Waals surface area (Å²) in [7, 11) is -3.21. The standard InChI is InChI=1S/C22H23FN4O3S2/c1-32(29,30)24-13-12-15-6-8-16(9-7-15)20(28)14-31-22-26-25-21(27(22)17-10-11-17)18-4-2-3-5-19(18)23/h2-9,17,24H,10-14H2,1H3. The van der Waals surface area contributed by atoms with Gasteiger partial charge in [-0.2, -0.15) is 0 Å². The van der Waals surface area contributed by atoms with Crippen LogP contribution in [-0.4, -0.2) is 47.5 Å². The molecule has 7 nitrogen and oxygen atoms in total. The van der Waals surface area contributed by atoms with E-state index in [0.717, 1.165) is 24.7 Å². The van der Waals surface area contributed by atoms with E-state index in [1.165, 1.54) is 17.8 Å². The van der Waals surface area contributed by atoms with Crippen LogP contribution in [0.25, 0.3) is 11.4 Å². The normalized spacial score (nSPS) is 13.9. The molecule has 1 aliphatic rings. The highest BCUT2D eigenvalue weighted by atomic mass is 32.2. The largest absolute Gasteiger partial charge is 0.299 e. The molecule has 1 aromatic heterocycles. The zero-order chi connectivity index (χ0) is 22.7. The predicted octanol–water partition coefficient (Wildman–Crippen LogP) is 3.49. The highest BCUT2D eigenvalue weighted by molar-refractivity contribution is 7.99. The van der Waals surface area contributed by atoms with Gasteiger partial charge in [-0.05, 0) is 37.0 Å². The number of carbonyl (C=O) groups excluding carboxylic acids is 1. The lowest BCUT2D eigenvalue weighted by molar-refractivity contribution is 0.102. The van der Waals surface area contributed by atoms with Gasteiger partial charge >= 0.3 is 0 Å². The van der Waals surface area contributed by atoms with Crippen LogP contribution in [0.1, 0.15) is 34.8 Å². The average Bonchev–Trinajstić information content (AvgIpc) is 3.51. The Morgan fingerprint density at radius 3 is 2.53 bits per heavy atom. The van der Waals surface area contributed by atoms with Crippen molar-refractivity contribution in [1.29, 1.82) is 0 Å². The number of carbonyl (C=O) groups is 1.